The van der Waals surface area contributed by atoms with Crippen LogP contribution in [0.4, 0.5) is 22.2 Å². The largest absolute Gasteiger partial charge is 0.465 e. The number of hydrogen-bond donors (Lipinski definition) is 0. The molecule has 0 aliphatic heterocycles. The van der Waals surface area contributed by atoms with Crippen molar-refractivity contribution in [2.75, 3.05) is 0 Å². The molecule has 0 fully saturated rings. The first-order chi connectivity index (χ1) is 7.39. The minimum absolute atomic E-state index is 0.500. The SMILES string of the molecule is O=P(OF)(OF)C(F)(F)c1ccccc1F. The molecule has 0 heterocycles. The first-order valence-corrected chi connectivity index (χ1v) is 5.27. The highest BCUT2D eigenvalue weighted by Crippen LogP contribution is 2.67. The van der Waals surface area contributed by atoms with E-state index < -0.39 is 24.6 Å². The van der Waals surface area contributed by atoms with E-state index in [0.29, 0.717) is 12.1 Å². The maximum absolute atomic E-state index is 13.2. The van der Waals surface area contributed by atoms with Crippen molar-refractivity contribution in [3.05, 3.63) is 35.6 Å². The lowest BCUT2D eigenvalue weighted by Gasteiger charge is -2.19. The molecule has 0 bridgehead atoms. The molecule has 0 saturated carbocycles. The highest BCUT2D eigenvalue weighted by molar-refractivity contribution is 7.54. The van der Waals surface area contributed by atoms with Crippen LogP contribution in [0, 0.1) is 5.82 Å². The Labute approximate surface area is 86.1 Å². The van der Waals surface area contributed by atoms with Gasteiger partial charge in [0.25, 0.3) is 0 Å². The van der Waals surface area contributed by atoms with Gasteiger partial charge < -0.3 is 0 Å². The van der Waals surface area contributed by atoms with Crippen molar-refractivity contribution in [3.8, 4) is 0 Å². The van der Waals surface area contributed by atoms with E-state index in [1.165, 1.54) is 0 Å². The van der Waals surface area contributed by atoms with Crippen LogP contribution in [0.1, 0.15) is 5.56 Å². The Balaban J connectivity index is 3.31. The fraction of sp³-hybridized carbons (Fsp3) is 0.143. The van der Waals surface area contributed by atoms with E-state index in [0.717, 1.165) is 12.1 Å². The third kappa shape index (κ3) is 1.95. The molecule has 0 N–H and O–H groups in total. The minimum Gasteiger partial charge on any atom is -0.247 e. The fourth-order valence-corrected chi connectivity index (χ4v) is 1.62. The highest BCUT2D eigenvalue weighted by Gasteiger charge is 2.59. The lowest BCUT2D eigenvalue weighted by Crippen LogP contribution is -2.16. The van der Waals surface area contributed by atoms with E-state index >= 15 is 0 Å². The third-order valence-electron chi connectivity index (χ3n) is 1.72. The van der Waals surface area contributed by atoms with Gasteiger partial charge >= 0.3 is 13.3 Å². The Kier molecular flexibility index (Phi) is 3.67. The Morgan fingerprint density at radius 2 is 1.62 bits per heavy atom. The number of rotatable bonds is 4. The molecule has 0 aromatic heterocycles. The number of alkyl halides is 2. The Morgan fingerprint density at radius 3 is 2.06 bits per heavy atom. The summed E-state index contributed by atoms with van der Waals surface area (Å²) in [6, 6.07) is 3.13. The van der Waals surface area contributed by atoms with Crippen LogP contribution >= 0.6 is 7.60 Å². The van der Waals surface area contributed by atoms with Gasteiger partial charge in [0.2, 0.25) is 0 Å². The van der Waals surface area contributed by atoms with Crippen LogP contribution in [-0.4, -0.2) is 0 Å². The van der Waals surface area contributed by atoms with E-state index in [2.05, 4.69) is 9.46 Å². The summed E-state index contributed by atoms with van der Waals surface area (Å²) in [5.41, 5.74) is -6.27. The van der Waals surface area contributed by atoms with Gasteiger partial charge in [0.05, 0.1) is 5.56 Å². The van der Waals surface area contributed by atoms with Crippen molar-refractivity contribution >= 4 is 7.60 Å². The first kappa shape index (κ1) is 13.1. The van der Waals surface area contributed by atoms with E-state index in [1.54, 1.807) is 0 Å². The van der Waals surface area contributed by atoms with Gasteiger partial charge in [0.1, 0.15) is 5.82 Å². The zero-order chi connectivity index (χ0) is 12.4. The molecule has 0 amide bonds. The van der Waals surface area contributed by atoms with E-state index in [1.807, 2.05) is 0 Å². The molecule has 1 aromatic rings. The predicted octanol–water partition coefficient (Wildman–Crippen LogP) is 3.87. The number of halogens is 5. The van der Waals surface area contributed by atoms with Crippen molar-refractivity contribution in [2.24, 2.45) is 0 Å². The van der Waals surface area contributed by atoms with Crippen molar-refractivity contribution in [1.82, 2.24) is 0 Å². The standard InChI is InChI=1S/C7H4F5O3P/c8-6-4-2-1-3-5(6)7(9,10)16(13,14-11)15-12/h1-4H. The molecule has 0 radical (unpaired) electrons. The second kappa shape index (κ2) is 4.48. The minimum atomic E-state index is -6.04. The second-order valence-corrected chi connectivity index (χ2v) is 4.49. The van der Waals surface area contributed by atoms with Crippen LogP contribution in [0.3, 0.4) is 0 Å². The van der Waals surface area contributed by atoms with Crippen LogP contribution < -0.4 is 0 Å². The average Bonchev–Trinajstić information content (AvgIpc) is 2.28. The number of benzene rings is 1. The average molecular weight is 262 g/mol. The zero-order valence-electron chi connectivity index (χ0n) is 7.37. The molecule has 0 saturated heterocycles. The monoisotopic (exact) mass is 262 g/mol. The van der Waals surface area contributed by atoms with Crippen LogP contribution in [0.2, 0.25) is 0 Å². The normalized spacial score (nSPS) is 12.8. The van der Waals surface area contributed by atoms with Crippen molar-refractivity contribution in [3.63, 3.8) is 0 Å². The molecule has 0 aliphatic carbocycles. The van der Waals surface area contributed by atoms with Gasteiger partial charge in [-0.15, -0.1) is 0 Å². The van der Waals surface area contributed by atoms with Crippen LogP contribution in [0.15, 0.2) is 24.3 Å². The molecular weight excluding hydrogens is 258 g/mol. The van der Waals surface area contributed by atoms with E-state index in [-0.39, 0.29) is 0 Å². The van der Waals surface area contributed by atoms with Gasteiger partial charge in [-0.3, -0.25) is 0 Å². The number of hydrogen-bond acceptors (Lipinski definition) is 3. The summed E-state index contributed by atoms with van der Waals surface area (Å²) in [5.74, 6) is -1.50. The van der Waals surface area contributed by atoms with Crippen LogP contribution in [-0.2, 0) is 19.7 Å². The molecule has 90 valence electrons. The van der Waals surface area contributed by atoms with Gasteiger partial charge in [-0.05, 0) is 21.2 Å². The second-order valence-electron chi connectivity index (χ2n) is 2.66. The summed E-state index contributed by atoms with van der Waals surface area (Å²) in [4.78, 5) is 0. The summed E-state index contributed by atoms with van der Waals surface area (Å²) in [5, 5.41) is 0. The maximum Gasteiger partial charge on any atom is 0.465 e. The lowest BCUT2D eigenvalue weighted by molar-refractivity contribution is -0.121. The predicted molar refractivity (Wildman–Crippen MR) is 42.3 cm³/mol. The maximum atomic E-state index is 13.2. The Hall–Kier alpha value is -0.980. The van der Waals surface area contributed by atoms with Gasteiger partial charge in [-0.2, -0.15) is 8.78 Å². The summed E-state index contributed by atoms with van der Waals surface area (Å²) in [6.45, 7) is 0. The topological polar surface area (TPSA) is 35.5 Å². The molecule has 9 heteroatoms. The highest BCUT2D eigenvalue weighted by atomic mass is 31.2. The molecule has 3 nitrogen and oxygen atoms in total. The fourth-order valence-electron chi connectivity index (χ4n) is 0.950. The molecule has 0 spiro atoms. The third-order valence-corrected chi connectivity index (χ3v) is 3.02. The molecule has 1 rings (SSSR count). The van der Waals surface area contributed by atoms with Crippen LogP contribution in [0.25, 0.3) is 0 Å². The van der Waals surface area contributed by atoms with Crippen molar-refractivity contribution < 1.29 is 36.2 Å². The summed E-state index contributed by atoms with van der Waals surface area (Å²) in [6.07, 6.45) is 0. The quantitative estimate of drug-likeness (QED) is 0.610. The van der Waals surface area contributed by atoms with Crippen LogP contribution in [0.5, 0.6) is 0 Å². The molecular formula is C7H4F5O3P. The summed E-state index contributed by atoms with van der Waals surface area (Å²) < 4.78 is 78.1. The van der Waals surface area contributed by atoms with Gasteiger partial charge in [-0.25, -0.2) is 8.96 Å². The molecule has 16 heavy (non-hydrogen) atoms. The molecule has 0 aliphatic rings. The Bertz CT molecular complexity index is 416. The molecule has 0 unspecified atom stereocenters. The molecule has 0 atom stereocenters. The lowest BCUT2D eigenvalue weighted by atomic mass is 10.2. The van der Waals surface area contributed by atoms with Crippen molar-refractivity contribution in [2.45, 2.75) is 5.66 Å². The zero-order valence-corrected chi connectivity index (χ0v) is 8.27. The van der Waals surface area contributed by atoms with E-state index in [4.69, 9.17) is 0 Å². The van der Waals surface area contributed by atoms with Gasteiger partial charge in [-0.1, -0.05) is 21.6 Å². The smallest absolute Gasteiger partial charge is 0.247 e. The summed E-state index contributed by atoms with van der Waals surface area (Å²) in [7, 11) is -6.04. The molecule has 1 aromatic carbocycles. The summed E-state index contributed by atoms with van der Waals surface area (Å²) >= 11 is 0. The Morgan fingerprint density at radius 1 is 1.12 bits per heavy atom. The van der Waals surface area contributed by atoms with E-state index in [9.17, 15) is 26.8 Å². The van der Waals surface area contributed by atoms with Gasteiger partial charge in [0, 0.05) is 0 Å². The van der Waals surface area contributed by atoms with Gasteiger partial charge in [0.15, 0.2) is 0 Å². The first-order valence-electron chi connectivity index (χ1n) is 3.72. The van der Waals surface area contributed by atoms with Crippen molar-refractivity contribution in [1.29, 1.82) is 0 Å².